The van der Waals surface area contributed by atoms with Gasteiger partial charge in [-0.3, -0.25) is 37.3 Å². The predicted molar refractivity (Wildman–Crippen MR) is 404 cm³/mol. The van der Waals surface area contributed by atoms with Crippen molar-refractivity contribution in [1.29, 1.82) is 0 Å². The van der Waals surface area contributed by atoms with Crippen LogP contribution in [0, 0.1) is 23.7 Å². The number of carbonyl (C=O) groups is 4. The fraction of sp³-hybridized carbons (Fsp3) is 0.950. The van der Waals surface area contributed by atoms with Crippen molar-refractivity contribution in [2.45, 2.75) is 427 Å². The van der Waals surface area contributed by atoms with Gasteiger partial charge < -0.3 is 33.8 Å². The third-order valence-electron chi connectivity index (χ3n) is 19.3. The monoisotopic (exact) mass is 1450 g/mol. The van der Waals surface area contributed by atoms with Gasteiger partial charge in [0.15, 0.2) is 12.2 Å². The lowest BCUT2D eigenvalue weighted by atomic mass is 9.99. The van der Waals surface area contributed by atoms with E-state index in [0.29, 0.717) is 31.6 Å². The molecule has 0 bridgehead atoms. The predicted octanol–water partition coefficient (Wildman–Crippen LogP) is 23.6. The molecule has 0 saturated carbocycles. The minimum absolute atomic E-state index is 0.105. The smallest absolute Gasteiger partial charge is 0.462 e. The van der Waals surface area contributed by atoms with Crippen LogP contribution in [0.1, 0.15) is 409 Å². The molecule has 5 unspecified atom stereocenters. The second kappa shape index (κ2) is 69.1. The minimum atomic E-state index is -4.96. The van der Waals surface area contributed by atoms with Crippen LogP contribution in [0.15, 0.2) is 0 Å². The number of carbonyl (C=O) groups excluding carboxylic acids is 4. The number of aliphatic hydroxyl groups excluding tert-OH is 1. The highest BCUT2D eigenvalue weighted by atomic mass is 31.2. The first kappa shape index (κ1) is 97.1. The standard InChI is InChI=1S/C80H156O17P2/c1-9-72(7)58-50-42-34-26-19-17-15-13-11-12-14-16-18-20-29-37-46-54-62-79(84)96-75(66-90-77(82)60-52-44-36-28-24-22-27-35-43-51-59-73(8)10-2)68-94-98(86,87)92-64-74(81)65-93-99(88,89)95-69-76(67-91-78(83)61-53-45-39-31-33-41-49-57-71(5)6)97-80(85)63-55-47-38-30-23-21-25-32-40-48-56-70(3)4/h70-76,81H,9-69H2,1-8H3,(H,86,87)(H,88,89)/t72?,73?,74?,75-,76-/m1/s1. The van der Waals surface area contributed by atoms with E-state index < -0.39 is 97.5 Å². The highest BCUT2D eigenvalue weighted by molar-refractivity contribution is 7.47. The molecule has 0 heterocycles. The molecule has 0 radical (unpaired) electrons. The molecule has 588 valence electrons. The lowest BCUT2D eigenvalue weighted by Gasteiger charge is -2.21. The number of hydrogen-bond donors (Lipinski definition) is 3. The van der Waals surface area contributed by atoms with E-state index in [0.717, 1.165) is 114 Å². The zero-order chi connectivity index (χ0) is 73.1. The van der Waals surface area contributed by atoms with Crippen molar-refractivity contribution in [3.8, 4) is 0 Å². The Labute approximate surface area is 607 Å². The minimum Gasteiger partial charge on any atom is -0.462 e. The highest BCUT2D eigenvalue weighted by Crippen LogP contribution is 2.45. The first-order valence-electron chi connectivity index (χ1n) is 41.3. The Morgan fingerprint density at radius 3 is 0.717 bits per heavy atom. The van der Waals surface area contributed by atoms with Crippen molar-refractivity contribution in [3.63, 3.8) is 0 Å². The molecule has 0 amide bonds. The molecular formula is C80H156O17P2. The molecule has 19 heteroatoms. The Balaban J connectivity index is 5.21. The summed E-state index contributed by atoms with van der Waals surface area (Å²) in [6.45, 7) is 14.3. The van der Waals surface area contributed by atoms with Crippen molar-refractivity contribution in [3.05, 3.63) is 0 Å². The summed E-state index contributed by atoms with van der Waals surface area (Å²) in [7, 11) is -9.92. The van der Waals surface area contributed by atoms with E-state index in [1.54, 1.807) is 0 Å². The van der Waals surface area contributed by atoms with Crippen molar-refractivity contribution in [1.82, 2.24) is 0 Å². The van der Waals surface area contributed by atoms with Gasteiger partial charge in [0.05, 0.1) is 26.4 Å². The number of phosphoric acid groups is 2. The first-order valence-corrected chi connectivity index (χ1v) is 44.3. The first-order chi connectivity index (χ1) is 47.7. The molecule has 0 aromatic rings. The Bertz CT molecular complexity index is 1940. The van der Waals surface area contributed by atoms with Crippen LogP contribution >= 0.6 is 15.6 Å². The quantitative estimate of drug-likeness (QED) is 0.0222. The Hall–Kier alpha value is -1.94. The molecule has 7 atom stereocenters. The summed E-state index contributed by atoms with van der Waals surface area (Å²) in [5.74, 6) is 1.02. The van der Waals surface area contributed by atoms with Gasteiger partial charge in [0.25, 0.3) is 0 Å². The SMILES string of the molecule is CCC(C)CCCCCCCCCCCCCCCCCCCCC(=O)O[C@H](COC(=O)CCCCCCCCCCCCC(C)CC)COP(=O)(O)OCC(O)COP(=O)(O)OC[C@@H](COC(=O)CCCCCCCCCC(C)C)OC(=O)CCCCCCCCCCCCC(C)C. The van der Waals surface area contributed by atoms with E-state index in [2.05, 4.69) is 55.4 Å². The van der Waals surface area contributed by atoms with Gasteiger partial charge in [-0.1, -0.05) is 357 Å². The molecule has 17 nitrogen and oxygen atoms in total. The third kappa shape index (κ3) is 71.5. The van der Waals surface area contributed by atoms with Crippen LogP contribution in [0.4, 0.5) is 0 Å². The Morgan fingerprint density at radius 1 is 0.283 bits per heavy atom. The van der Waals surface area contributed by atoms with E-state index in [4.69, 9.17) is 37.0 Å². The Kier molecular flexibility index (Phi) is 67.8. The van der Waals surface area contributed by atoms with Crippen molar-refractivity contribution >= 4 is 39.5 Å². The summed E-state index contributed by atoms with van der Waals surface area (Å²) in [4.78, 5) is 72.9. The van der Waals surface area contributed by atoms with Crippen molar-refractivity contribution in [2.24, 2.45) is 23.7 Å². The summed E-state index contributed by atoms with van der Waals surface area (Å²) in [5, 5.41) is 10.6. The number of esters is 4. The zero-order valence-corrected chi connectivity index (χ0v) is 66.9. The van der Waals surface area contributed by atoms with E-state index >= 15 is 0 Å². The zero-order valence-electron chi connectivity index (χ0n) is 65.1. The molecule has 0 aliphatic carbocycles. The molecule has 99 heavy (non-hydrogen) atoms. The molecular weight excluding hydrogens is 1290 g/mol. The fourth-order valence-electron chi connectivity index (χ4n) is 12.2. The van der Waals surface area contributed by atoms with E-state index in [1.165, 1.54) is 205 Å². The van der Waals surface area contributed by atoms with E-state index in [9.17, 15) is 43.2 Å². The molecule has 0 fully saturated rings. The lowest BCUT2D eigenvalue weighted by Crippen LogP contribution is -2.30. The lowest BCUT2D eigenvalue weighted by molar-refractivity contribution is -0.161. The summed E-state index contributed by atoms with van der Waals surface area (Å²) in [5.41, 5.74) is 0. The molecule has 3 N–H and O–H groups in total. The van der Waals surface area contributed by atoms with Crippen LogP contribution in [-0.2, 0) is 65.4 Å². The largest absolute Gasteiger partial charge is 0.472 e. The topological polar surface area (TPSA) is 237 Å². The van der Waals surface area contributed by atoms with Crippen LogP contribution in [0.5, 0.6) is 0 Å². The Morgan fingerprint density at radius 2 is 0.485 bits per heavy atom. The van der Waals surface area contributed by atoms with Crippen LogP contribution in [0.2, 0.25) is 0 Å². The average molecular weight is 1450 g/mol. The molecule has 0 saturated heterocycles. The van der Waals surface area contributed by atoms with Gasteiger partial charge in [-0.15, -0.1) is 0 Å². The number of phosphoric ester groups is 2. The third-order valence-corrected chi connectivity index (χ3v) is 21.2. The van der Waals surface area contributed by atoms with Crippen molar-refractivity contribution in [2.75, 3.05) is 39.6 Å². The van der Waals surface area contributed by atoms with Gasteiger partial charge in [0.2, 0.25) is 0 Å². The molecule has 0 spiro atoms. The average Bonchev–Trinajstić information content (AvgIpc) is 1.06. The van der Waals surface area contributed by atoms with Crippen LogP contribution < -0.4 is 0 Å². The summed E-state index contributed by atoms with van der Waals surface area (Å²) in [6, 6.07) is 0. The van der Waals surface area contributed by atoms with Crippen molar-refractivity contribution < 1.29 is 80.2 Å². The number of ether oxygens (including phenoxy) is 4. The van der Waals surface area contributed by atoms with Crippen LogP contribution in [0.25, 0.3) is 0 Å². The second-order valence-electron chi connectivity index (χ2n) is 30.2. The van der Waals surface area contributed by atoms with Gasteiger partial charge >= 0.3 is 39.5 Å². The molecule has 0 rings (SSSR count). The van der Waals surface area contributed by atoms with Gasteiger partial charge in [0, 0.05) is 25.7 Å². The van der Waals surface area contributed by atoms with Gasteiger partial charge in [-0.2, -0.15) is 0 Å². The highest BCUT2D eigenvalue weighted by Gasteiger charge is 2.30. The molecule has 0 aliphatic heterocycles. The van der Waals surface area contributed by atoms with E-state index in [-0.39, 0.29) is 25.7 Å². The summed E-state index contributed by atoms with van der Waals surface area (Å²) >= 11 is 0. The number of rotatable bonds is 77. The van der Waals surface area contributed by atoms with Gasteiger partial charge in [-0.25, -0.2) is 9.13 Å². The second-order valence-corrected chi connectivity index (χ2v) is 33.1. The maximum absolute atomic E-state index is 13.1. The number of hydrogen-bond acceptors (Lipinski definition) is 15. The molecule has 0 aromatic heterocycles. The summed E-state index contributed by atoms with van der Waals surface area (Å²) in [6.07, 6.45) is 55.5. The number of unbranched alkanes of at least 4 members (excludes halogenated alkanes) is 41. The molecule has 0 aliphatic rings. The fourth-order valence-corrected chi connectivity index (χ4v) is 13.8. The van der Waals surface area contributed by atoms with Gasteiger partial charge in [0.1, 0.15) is 19.3 Å². The van der Waals surface area contributed by atoms with Crippen LogP contribution in [-0.4, -0.2) is 96.7 Å². The summed E-state index contributed by atoms with van der Waals surface area (Å²) < 4.78 is 68.6. The van der Waals surface area contributed by atoms with Crippen LogP contribution in [0.3, 0.4) is 0 Å². The van der Waals surface area contributed by atoms with E-state index in [1.807, 2.05) is 0 Å². The number of aliphatic hydroxyl groups is 1. The maximum Gasteiger partial charge on any atom is 0.472 e. The maximum atomic E-state index is 13.1. The normalized spacial score (nSPS) is 14.6. The molecule has 0 aromatic carbocycles. The van der Waals surface area contributed by atoms with Gasteiger partial charge in [-0.05, 0) is 49.4 Å².